The lowest BCUT2D eigenvalue weighted by Gasteiger charge is -2.10. The van der Waals surface area contributed by atoms with Crippen LogP contribution in [0.4, 0.5) is 5.69 Å². The van der Waals surface area contributed by atoms with E-state index in [0.29, 0.717) is 16.1 Å². The first-order chi connectivity index (χ1) is 8.17. The minimum Gasteiger partial charge on any atom is -0.384 e. The van der Waals surface area contributed by atoms with Crippen LogP contribution in [0.5, 0.6) is 0 Å². The van der Waals surface area contributed by atoms with Gasteiger partial charge in [-0.1, -0.05) is 27.5 Å². The lowest BCUT2D eigenvalue weighted by atomic mass is 10.1. The van der Waals surface area contributed by atoms with Crippen LogP contribution in [0, 0.1) is 11.3 Å². The van der Waals surface area contributed by atoms with Gasteiger partial charge in [0, 0.05) is 22.6 Å². The molecule has 0 bridgehead atoms. The summed E-state index contributed by atoms with van der Waals surface area (Å²) in [5.74, 6) is 0. The van der Waals surface area contributed by atoms with Gasteiger partial charge < -0.3 is 5.32 Å². The number of nitrogens with one attached hydrogen (secondary N) is 1. The van der Waals surface area contributed by atoms with Gasteiger partial charge in [-0.2, -0.15) is 5.26 Å². The van der Waals surface area contributed by atoms with E-state index < -0.39 is 0 Å². The minimum atomic E-state index is 0.522. The van der Waals surface area contributed by atoms with Gasteiger partial charge in [-0.3, -0.25) is 4.98 Å². The molecular formula is C12H9BrClN3. The predicted molar refractivity (Wildman–Crippen MR) is 73.3 cm³/mol. The average molecular weight is 311 g/mol. The van der Waals surface area contributed by atoms with Crippen LogP contribution in [0.25, 0.3) is 10.9 Å². The van der Waals surface area contributed by atoms with Crippen molar-refractivity contribution in [3.8, 4) is 6.07 Å². The van der Waals surface area contributed by atoms with E-state index in [4.69, 9.17) is 16.9 Å². The summed E-state index contributed by atoms with van der Waals surface area (Å²) in [6.45, 7) is 2.71. The molecule has 2 rings (SSSR count). The quantitative estimate of drug-likeness (QED) is 0.913. The third-order valence-electron chi connectivity index (χ3n) is 2.36. The van der Waals surface area contributed by atoms with E-state index in [0.717, 1.165) is 22.1 Å². The van der Waals surface area contributed by atoms with E-state index in [-0.39, 0.29) is 0 Å². The number of rotatable bonds is 2. The van der Waals surface area contributed by atoms with Crippen molar-refractivity contribution in [2.45, 2.75) is 6.92 Å². The summed E-state index contributed by atoms with van der Waals surface area (Å²) < 4.78 is 0.867. The molecule has 86 valence electrons. The van der Waals surface area contributed by atoms with Gasteiger partial charge in [-0.05, 0) is 19.1 Å². The smallest absolute Gasteiger partial charge is 0.103 e. The Balaban J connectivity index is 2.84. The van der Waals surface area contributed by atoms with E-state index in [1.54, 1.807) is 12.3 Å². The van der Waals surface area contributed by atoms with Gasteiger partial charge in [0.2, 0.25) is 0 Å². The Kier molecular flexibility index (Phi) is 3.51. The predicted octanol–water partition coefficient (Wildman–Crippen LogP) is 3.95. The van der Waals surface area contributed by atoms with Gasteiger partial charge in [0.15, 0.2) is 0 Å². The first-order valence-electron chi connectivity index (χ1n) is 5.09. The number of anilines is 1. The SMILES string of the molecule is CCNc1c(C#N)cnc2c(Cl)cc(Br)cc12. The molecule has 0 aliphatic rings. The normalized spacial score (nSPS) is 10.2. The molecule has 1 N–H and O–H groups in total. The number of nitriles is 1. The Morgan fingerprint density at radius 2 is 2.29 bits per heavy atom. The number of benzene rings is 1. The number of halogens is 2. The summed E-state index contributed by atoms with van der Waals surface area (Å²) in [5.41, 5.74) is 2.00. The van der Waals surface area contributed by atoms with E-state index in [9.17, 15) is 0 Å². The molecule has 2 aromatic rings. The Morgan fingerprint density at radius 3 is 2.94 bits per heavy atom. The van der Waals surface area contributed by atoms with Gasteiger partial charge in [0.25, 0.3) is 0 Å². The number of aromatic nitrogens is 1. The lowest BCUT2D eigenvalue weighted by Crippen LogP contribution is -2.01. The highest BCUT2D eigenvalue weighted by atomic mass is 79.9. The van der Waals surface area contributed by atoms with Crippen molar-refractivity contribution in [3.63, 3.8) is 0 Å². The molecule has 0 atom stereocenters. The largest absolute Gasteiger partial charge is 0.384 e. The first-order valence-corrected chi connectivity index (χ1v) is 6.26. The highest BCUT2D eigenvalue weighted by molar-refractivity contribution is 9.10. The van der Waals surface area contributed by atoms with Crippen molar-refractivity contribution >= 4 is 44.1 Å². The third-order valence-corrected chi connectivity index (χ3v) is 3.11. The van der Waals surface area contributed by atoms with Gasteiger partial charge in [-0.15, -0.1) is 0 Å². The number of hydrogen-bond acceptors (Lipinski definition) is 3. The van der Waals surface area contributed by atoms with Crippen LogP contribution in [0.15, 0.2) is 22.8 Å². The van der Waals surface area contributed by atoms with Crippen molar-refractivity contribution in [1.29, 1.82) is 5.26 Å². The number of hydrogen-bond donors (Lipinski definition) is 1. The zero-order valence-corrected chi connectivity index (χ0v) is 11.4. The highest BCUT2D eigenvalue weighted by Crippen LogP contribution is 2.32. The molecule has 3 nitrogen and oxygen atoms in total. The monoisotopic (exact) mass is 309 g/mol. The molecule has 0 spiro atoms. The summed E-state index contributed by atoms with van der Waals surface area (Å²) in [6.07, 6.45) is 1.54. The average Bonchev–Trinajstić information content (AvgIpc) is 2.30. The molecule has 0 saturated heterocycles. The maximum atomic E-state index is 9.07. The number of nitrogens with zero attached hydrogens (tertiary/aromatic N) is 2. The van der Waals surface area contributed by atoms with Crippen molar-refractivity contribution in [2.24, 2.45) is 0 Å². The van der Waals surface area contributed by atoms with Crippen LogP contribution in [0.3, 0.4) is 0 Å². The molecule has 0 saturated carbocycles. The molecule has 0 aliphatic heterocycles. The van der Waals surface area contributed by atoms with Gasteiger partial charge >= 0.3 is 0 Å². The molecule has 0 amide bonds. The summed E-state index contributed by atoms with van der Waals surface area (Å²) >= 11 is 9.52. The summed E-state index contributed by atoms with van der Waals surface area (Å²) in [5, 5.41) is 13.7. The Labute approximate surface area is 113 Å². The van der Waals surface area contributed by atoms with Crippen molar-refractivity contribution in [1.82, 2.24) is 4.98 Å². The van der Waals surface area contributed by atoms with E-state index in [1.165, 1.54) is 0 Å². The van der Waals surface area contributed by atoms with Crippen LogP contribution < -0.4 is 5.32 Å². The van der Waals surface area contributed by atoms with Crippen molar-refractivity contribution < 1.29 is 0 Å². The van der Waals surface area contributed by atoms with E-state index in [1.807, 2.05) is 13.0 Å². The molecule has 0 unspecified atom stereocenters. The summed E-state index contributed by atoms with van der Waals surface area (Å²) in [7, 11) is 0. The van der Waals surface area contributed by atoms with Gasteiger partial charge in [-0.25, -0.2) is 0 Å². The standard InChI is InChI=1S/C12H9BrClN3/c1-2-16-11-7(5-15)6-17-12-9(11)3-8(13)4-10(12)14/h3-4,6H,2H2,1H3,(H,16,17). The molecule has 5 heteroatoms. The van der Waals surface area contributed by atoms with Crippen LogP contribution in [0.1, 0.15) is 12.5 Å². The number of pyridine rings is 1. The van der Waals surface area contributed by atoms with E-state index >= 15 is 0 Å². The van der Waals surface area contributed by atoms with Crippen LogP contribution in [0.2, 0.25) is 5.02 Å². The Bertz CT molecular complexity index is 619. The van der Waals surface area contributed by atoms with Gasteiger partial charge in [0.05, 0.1) is 21.8 Å². The van der Waals surface area contributed by atoms with Crippen LogP contribution in [-0.4, -0.2) is 11.5 Å². The Morgan fingerprint density at radius 1 is 1.53 bits per heavy atom. The molecule has 17 heavy (non-hydrogen) atoms. The van der Waals surface area contributed by atoms with Crippen LogP contribution in [-0.2, 0) is 0 Å². The molecule has 1 heterocycles. The zero-order valence-electron chi connectivity index (χ0n) is 9.09. The zero-order chi connectivity index (χ0) is 12.4. The summed E-state index contributed by atoms with van der Waals surface area (Å²) in [4.78, 5) is 4.22. The molecule has 0 aliphatic carbocycles. The molecule has 0 fully saturated rings. The van der Waals surface area contributed by atoms with Crippen molar-refractivity contribution in [3.05, 3.63) is 33.4 Å². The highest BCUT2D eigenvalue weighted by Gasteiger charge is 2.11. The first kappa shape index (κ1) is 12.2. The second-order valence-electron chi connectivity index (χ2n) is 3.47. The van der Waals surface area contributed by atoms with E-state index in [2.05, 4.69) is 32.3 Å². The minimum absolute atomic E-state index is 0.522. The van der Waals surface area contributed by atoms with Crippen molar-refractivity contribution in [2.75, 3.05) is 11.9 Å². The molecular weight excluding hydrogens is 302 g/mol. The Hall–Kier alpha value is -1.31. The fourth-order valence-electron chi connectivity index (χ4n) is 1.68. The second kappa shape index (κ2) is 4.91. The fraction of sp³-hybridized carbons (Fsp3) is 0.167. The third kappa shape index (κ3) is 2.21. The topological polar surface area (TPSA) is 48.7 Å². The molecule has 1 aromatic heterocycles. The lowest BCUT2D eigenvalue weighted by molar-refractivity contribution is 1.21. The summed E-state index contributed by atoms with van der Waals surface area (Å²) in [6, 6.07) is 5.83. The molecule has 0 radical (unpaired) electrons. The second-order valence-corrected chi connectivity index (χ2v) is 4.80. The number of fused-ring (bicyclic) bond motifs is 1. The van der Waals surface area contributed by atoms with Gasteiger partial charge in [0.1, 0.15) is 6.07 Å². The molecule has 1 aromatic carbocycles. The van der Waals surface area contributed by atoms with Crippen LogP contribution >= 0.6 is 27.5 Å². The maximum Gasteiger partial charge on any atom is 0.103 e. The maximum absolute atomic E-state index is 9.07. The fourth-order valence-corrected chi connectivity index (χ4v) is 2.54.